The molecular weight excluding hydrogens is 464 g/mol. The normalized spacial score (nSPS) is 32.8. The van der Waals surface area contributed by atoms with E-state index in [4.69, 9.17) is 19.7 Å². The lowest BCUT2D eigenvalue weighted by molar-refractivity contribution is -0.212. The van der Waals surface area contributed by atoms with Gasteiger partial charge in [-0.2, -0.15) is 0 Å². The topological polar surface area (TPSA) is 195 Å². The molecule has 15 heteroatoms. The summed E-state index contributed by atoms with van der Waals surface area (Å²) in [5, 5.41) is -1.20. The van der Waals surface area contributed by atoms with Crippen molar-refractivity contribution in [3.8, 4) is 0 Å². The van der Waals surface area contributed by atoms with Crippen molar-refractivity contribution in [2.45, 2.75) is 62.5 Å². The van der Waals surface area contributed by atoms with E-state index < -0.39 is 56.5 Å². The van der Waals surface area contributed by atoms with Crippen molar-refractivity contribution in [1.29, 1.82) is 0 Å². The predicted molar refractivity (Wildman–Crippen MR) is 111 cm³/mol. The van der Waals surface area contributed by atoms with E-state index in [2.05, 4.69) is 15.0 Å². The van der Waals surface area contributed by atoms with Gasteiger partial charge in [0.2, 0.25) is 0 Å². The summed E-state index contributed by atoms with van der Waals surface area (Å²) in [6, 6.07) is 0. The second-order valence-electron chi connectivity index (χ2n) is 9.07. The van der Waals surface area contributed by atoms with E-state index in [9.17, 15) is 23.8 Å². The van der Waals surface area contributed by atoms with Crippen LogP contribution in [0.3, 0.4) is 0 Å². The number of hydrogen-bond acceptors (Lipinski definition) is 10. The molecule has 2 aromatic heterocycles. The number of methoxy groups -OCH3 is 1. The number of rotatable bonds is 6. The second kappa shape index (κ2) is 7.82. The zero-order chi connectivity index (χ0) is 23.6. The van der Waals surface area contributed by atoms with Crippen LogP contribution in [-0.4, -0.2) is 65.5 Å². The van der Waals surface area contributed by atoms with Crippen molar-refractivity contribution in [1.82, 2.24) is 19.5 Å². The maximum absolute atomic E-state index is 12.9. The van der Waals surface area contributed by atoms with Crippen LogP contribution in [0.4, 0.5) is 5.82 Å². The van der Waals surface area contributed by atoms with Gasteiger partial charge in [-0.25, -0.2) is 15.0 Å². The quantitative estimate of drug-likeness (QED) is 0.478. The zero-order valence-electron chi connectivity index (χ0n) is 17.9. The lowest BCUT2D eigenvalue weighted by Crippen LogP contribution is -2.40. The Morgan fingerprint density at radius 3 is 2.50 bits per heavy atom. The van der Waals surface area contributed by atoms with Crippen LogP contribution in [0.15, 0.2) is 12.7 Å². The van der Waals surface area contributed by atoms with Gasteiger partial charge in [-0.1, -0.05) is 20.8 Å². The van der Waals surface area contributed by atoms with E-state index in [1.54, 1.807) is 0 Å². The van der Waals surface area contributed by atoms with Crippen molar-refractivity contribution in [3.63, 3.8) is 0 Å². The van der Waals surface area contributed by atoms with Gasteiger partial charge in [0.05, 0.1) is 18.1 Å². The Bertz CT molecular complexity index is 1110. The van der Waals surface area contributed by atoms with Gasteiger partial charge < -0.3 is 39.0 Å². The summed E-state index contributed by atoms with van der Waals surface area (Å²) in [5.74, 6) is -0.441. The van der Waals surface area contributed by atoms with Gasteiger partial charge in [0.25, 0.3) is 0 Å². The minimum absolute atomic E-state index is 0.158. The fraction of sp³-hybridized carbons (Fsp3) is 0.706. The van der Waals surface area contributed by atoms with Crippen LogP contribution >= 0.6 is 15.2 Å². The van der Waals surface area contributed by atoms with E-state index in [0.29, 0.717) is 11.2 Å². The Balaban J connectivity index is 1.74. The van der Waals surface area contributed by atoms with Crippen LogP contribution < -0.4 is 10.6 Å². The van der Waals surface area contributed by atoms with Gasteiger partial charge in [-0.15, -0.1) is 0 Å². The highest BCUT2D eigenvalue weighted by atomic mass is 31.2. The Kier molecular flexibility index (Phi) is 5.79. The molecule has 1 aliphatic heterocycles. The summed E-state index contributed by atoms with van der Waals surface area (Å²) in [6.07, 6.45) is -1.08. The smallest absolute Gasteiger partial charge is 0.328 e. The maximum Gasteiger partial charge on any atom is 0.328 e. The van der Waals surface area contributed by atoms with E-state index >= 15 is 0 Å². The van der Waals surface area contributed by atoms with Crippen molar-refractivity contribution >= 4 is 32.2 Å². The number of anilines is 1. The number of nitrogens with zero attached hydrogens (tertiary/aromatic N) is 4. The Labute approximate surface area is 184 Å². The lowest BCUT2D eigenvalue weighted by Gasteiger charge is -2.39. The number of nitrogen functional groups attached to an aromatic ring is 1. The average Bonchev–Trinajstić information content (AvgIpc) is 3.24. The standard InChI is InChI=1S/C17H27N5O8P2/c1-17(2,3)32(26,27)30-12-11(8-5-9(8)31(23,24)25)29-16(13(12)28-4)22-7-21-10-14(18)19-6-20-15(10)22/h6-9,11-13,16H,5H2,1-4H3,(H,26,27)(H2,18,19,20)(H2,23,24,25)/p-1/t8?,9?,11-,12+,13?,16-/m1/s1. The Morgan fingerprint density at radius 2 is 1.94 bits per heavy atom. The number of hydrogen-bond donors (Lipinski definition) is 3. The van der Waals surface area contributed by atoms with Crippen molar-refractivity contribution in [3.05, 3.63) is 12.7 Å². The summed E-state index contributed by atoms with van der Waals surface area (Å²) in [6.45, 7) is 4.51. The molecule has 0 spiro atoms. The van der Waals surface area contributed by atoms with Crippen LogP contribution in [0.1, 0.15) is 33.4 Å². The maximum atomic E-state index is 12.9. The first-order chi connectivity index (χ1) is 14.8. The molecule has 2 aliphatic rings. The molecule has 2 fully saturated rings. The highest BCUT2D eigenvalue weighted by Gasteiger charge is 2.62. The second-order valence-corrected chi connectivity index (χ2v) is 13.5. The first-order valence-electron chi connectivity index (χ1n) is 9.92. The molecular formula is C17H26N5O8P2-. The first-order valence-corrected chi connectivity index (χ1v) is 13.1. The summed E-state index contributed by atoms with van der Waals surface area (Å²) in [7, 11) is -7.42. The minimum Gasteiger partial charge on any atom is -0.778 e. The molecule has 32 heavy (non-hydrogen) atoms. The highest BCUT2D eigenvalue weighted by Crippen LogP contribution is 2.63. The fourth-order valence-corrected chi connectivity index (χ4v) is 5.98. The molecule has 0 aromatic carbocycles. The molecule has 0 bridgehead atoms. The molecule has 4 rings (SSSR count). The third kappa shape index (κ3) is 4.01. The predicted octanol–water partition coefficient (Wildman–Crippen LogP) is 0.624. The minimum atomic E-state index is -4.42. The van der Waals surface area contributed by atoms with Crippen LogP contribution in [0, 0.1) is 5.92 Å². The molecule has 1 saturated carbocycles. The SMILES string of the molecule is COC1[C@@H](OP(=O)([O-])C(C)(C)C)[C@@H](C2CC2P(=O)(O)O)O[C@H]1n1cnc2c(N)ncnc21. The van der Waals surface area contributed by atoms with Gasteiger partial charge in [0.15, 0.2) is 17.7 Å². The van der Waals surface area contributed by atoms with Crippen LogP contribution in [0.25, 0.3) is 11.2 Å². The lowest BCUT2D eigenvalue weighted by atomic mass is 10.1. The van der Waals surface area contributed by atoms with Crippen LogP contribution in [0.2, 0.25) is 0 Å². The van der Waals surface area contributed by atoms with Gasteiger partial charge >= 0.3 is 7.60 Å². The summed E-state index contributed by atoms with van der Waals surface area (Å²) < 4.78 is 43.5. The molecule has 0 amide bonds. The van der Waals surface area contributed by atoms with Gasteiger partial charge in [-0.05, 0) is 6.42 Å². The molecule has 4 unspecified atom stereocenters. The van der Waals surface area contributed by atoms with E-state index in [1.165, 1.54) is 45.1 Å². The number of aromatic nitrogens is 4. The Hall–Kier alpha value is -1.43. The molecule has 13 nitrogen and oxygen atoms in total. The van der Waals surface area contributed by atoms with Crippen LogP contribution in [0.5, 0.6) is 0 Å². The third-order valence-corrected chi connectivity index (χ3v) is 9.52. The van der Waals surface area contributed by atoms with Gasteiger partial charge in [-0.3, -0.25) is 9.13 Å². The average molecular weight is 490 g/mol. The molecule has 1 saturated heterocycles. The molecule has 1 aliphatic carbocycles. The number of nitrogens with two attached hydrogens (primary N) is 1. The fourth-order valence-electron chi connectivity index (χ4n) is 3.92. The number of fused-ring (bicyclic) bond motifs is 1. The summed E-state index contributed by atoms with van der Waals surface area (Å²) >= 11 is 0. The van der Waals surface area contributed by atoms with Crippen molar-refractivity contribution < 1.29 is 37.8 Å². The van der Waals surface area contributed by atoms with Gasteiger partial charge in [0, 0.05) is 18.2 Å². The third-order valence-electron chi connectivity index (χ3n) is 5.90. The number of ether oxygens (including phenoxy) is 2. The first kappa shape index (κ1) is 23.7. The monoisotopic (exact) mass is 490 g/mol. The van der Waals surface area contributed by atoms with Crippen molar-refractivity contribution in [2.75, 3.05) is 12.8 Å². The molecule has 7 atom stereocenters. The largest absolute Gasteiger partial charge is 0.778 e. The molecule has 178 valence electrons. The van der Waals surface area contributed by atoms with E-state index in [1.807, 2.05) is 0 Å². The molecule has 3 heterocycles. The van der Waals surface area contributed by atoms with Gasteiger partial charge in [0.1, 0.15) is 31.6 Å². The van der Waals surface area contributed by atoms with Crippen LogP contribution in [-0.2, 0) is 23.1 Å². The Morgan fingerprint density at radius 1 is 1.25 bits per heavy atom. The summed E-state index contributed by atoms with van der Waals surface area (Å²) in [4.78, 5) is 44.4. The molecule has 0 radical (unpaired) electrons. The summed E-state index contributed by atoms with van der Waals surface area (Å²) in [5.41, 5.74) is 5.59. The van der Waals surface area contributed by atoms with E-state index in [0.717, 1.165) is 0 Å². The number of imidazole rings is 1. The zero-order valence-corrected chi connectivity index (χ0v) is 19.7. The van der Waals surface area contributed by atoms with E-state index in [-0.39, 0.29) is 12.2 Å². The highest BCUT2D eigenvalue weighted by molar-refractivity contribution is 7.53. The molecule has 2 aromatic rings. The molecule has 4 N–H and O–H groups in total. The van der Waals surface area contributed by atoms with Crippen molar-refractivity contribution in [2.24, 2.45) is 5.92 Å².